The van der Waals surface area contributed by atoms with E-state index in [1.165, 1.54) is 0 Å². The number of rotatable bonds is 8. The fraction of sp³-hybridized carbons (Fsp3) is 0.846. The van der Waals surface area contributed by atoms with Gasteiger partial charge in [0.1, 0.15) is 0 Å². The van der Waals surface area contributed by atoms with Gasteiger partial charge in [-0.05, 0) is 25.7 Å². The topological polar surface area (TPSA) is 66.4 Å². The minimum Gasteiger partial charge on any atom is -0.481 e. The highest BCUT2D eigenvalue weighted by Gasteiger charge is 2.35. The minimum absolute atomic E-state index is 0.00444. The van der Waals surface area contributed by atoms with Crippen molar-refractivity contribution in [2.75, 3.05) is 6.54 Å². The maximum absolute atomic E-state index is 11.8. The molecule has 0 heterocycles. The Bertz CT molecular complexity index is 255. The van der Waals surface area contributed by atoms with E-state index in [1.54, 1.807) is 0 Å². The average molecular weight is 243 g/mol. The van der Waals surface area contributed by atoms with Crippen molar-refractivity contribution in [2.45, 2.75) is 53.4 Å². The minimum atomic E-state index is -0.827. The van der Waals surface area contributed by atoms with Gasteiger partial charge < -0.3 is 10.4 Å². The summed E-state index contributed by atoms with van der Waals surface area (Å²) < 4.78 is 0. The second-order valence-electron chi connectivity index (χ2n) is 4.52. The van der Waals surface area contributed by atoms with Crippen LogP contribution < -0.4 is 5.32 Å². The third-order valence-corrected chi connectivity index (χ3v) is 3.76. The summed E-state index contributed by atoms with van der Waals surface area (Å²) in [6, 6.07) is 0. The lowest BCUT2D eigenvalue weighted by atomic mass is 9.82. The lowest BCUT2D eigenvalue weighted by molar-refractivity contribution is -0.149. The molecular weight excluding hydrogens is 218 g/mol. The van der Waals surface area contributed by atoms with E-state index in [0.717, 1.165) is 12.8 Å². The van der Waals surface area contributed by atoms with Gasteiger partial charge in [0, 0.05) is 12.5 Å². The summed E-state index contributed by atoms with van der Waals surface area (Å²) in [5, 5.41) is 12.0. The number of hydrogen-bond donors (Lipinski definition) is 2. The number of carboxylic acids is 1. The van der Waals surface area contributed by atoms with Crippen molar-refractivity contribution >= 4 is 11.9 Å². The molecule has 0 rings (SSSR count). The molecule has 0 aromatic rings. The van der Waals surface area contributed by atoms with Gasteiger partial charge in [-0.15, -0.1) is 0 Å². The molecule has 0 aliphatic rings. The van der Waals surface area contributed by atoms with E-state index in [9.17, 15) is 14.7 Å². The standard InChI is InChI=1S/C13H25NO3/c1-5-10(6-2)11(15)14-9-13(7-3,8-4)12(16)17/h10H,5-9H2,1-4H3,(H,14,15)(H,16,17). The van der Waals surface area contributed by atoms with Gasteiger partial charge in [0.05, 0.1) is 5.41 Å². The fourth-order valence-corrected chi connectivity index (χ4v) is 1.94. The molecule has 100 valence electrons. The van der Waals surface area contributed by atoms with Crippen molar-refractivity contribution in [3.8, 4) is 0 Å². The molecule has 0 aromatic carbocycles. The monoisotopic (exact) mass is 243 g/mol. The first kappa shape index (κ1) is 15.9. The molecule has 0 unspecified atom stereocenters. The first-order chi connectivity index (χ1) is 7.97. The zero-order valence-corrected chi connectivity index (χ0v) is 11.4. The summed E-state index contributed by atoms with van der Waals surface area (Å²) in [4.78, 5) is 23.1. The van der Waals surface area contributed by atoms with Crippen LogP contribution in [0.3, 0.4) is 0 Å². The van der Waals surface area contributed by atoms with Crippen LogP contribution >= 0.6 is 0 Å². The molecule has 4 nitrogen and oxygen atoms in total. The van der Waals surface area contributed by atoms with E-state index in [1.807, 2.05) is 27.7 Å². The van der Waals surface area contributed by atoms with E-state index in [2.05, 4.69) is 5.32 Å². The Balaban J connectivity index is 4.51. The zero-order valence-electron chi connectivity index (χ0n) is 11.4. The summed E-state index contributed by atoms with van der Waals surface area (Å²) in [7, 11) is 0. The number of carboxylic acid groups (broad SMARTS) is 1. The molecule has 0 fully saturated rings. The first-order valence-corrected chi connectivity index (χ1v) is 6.48. The lowest BCUT2D eigenvalue weighted by Crippen LogP contribution is -2.44. The fourth-order valence-electron chi connectivity index (χ4n) is 1.94. The first-order valence-electron chi connectivity index (χ1n) is 6.48. The van der Waals surface area contributed by atoms with Gasteiger partial charge in [-0.1, -0.05) is 27.7 Å². The number of amides is 1. The van der Waals surface area contributed by atoms with E-state index in [0.29, 0.717) is 12.8 Å². The maximum Gasteiger partial charge on any atom is 0.311 e. The van der Waals surface area contributed by atoms with Crippen LogP contribution in [-0.4, -0.2) is 23.5 Å². The Hall–Kier alpha value is -1.06. The molecule has 0 spiro atoms. The molecule has 0 aromatic heterocycles. The van der Waals surface area contributed by atoms with Crippen LogP contribution in [0.1, 0.15) is 53.4 Å². The lowest BCUT2D eigenvalue weighted by Gasteiger charge is -2.27. The summed E-state index contributed by atoms with van der Waals surface area (Å²) in [5.41, 5.74) is -0.818. The van der Waals surface area contributed by atoms with Crippen molar-refractivity contribution in [2.24, 2.45) is 11.3 Å². The van der Waals surface area contributed by atoms with Crippen molar-refractivity contribution in [3.63, 3.8) is 0 Å². The third kappa shape index (κ3) is 4.02. The van der Waals surface area contributed by atoms with Gasteiger partial charge in [-0.3, -0.25) is 9.59 Å². The molecule has 0 aliphatic carbocycles. The van der Waals surface area contributed by atoms with Crippen LogP contribution in [-0.2, 0) is 9.59 Å². The Morgan fingerprint density at radius 3 is 1.88 bits per heavy atom. The molecule has 4 heteroatoms. The molecule has 2 N–H and O–H groups in total. The Morgan fingerprint density at radius 2 is 1.59 bits per heavy atom. The SMILES string of the molecule is CCC(CC)C(=O)NCC(CC)(CC)C(=O)O. The summed E-state index contributed by atoms with van der Waals surface area (Å²) in [5.74, 6) is -0.856. The summed E-state index contributed by atoms with van der Waals surface area (Å²) >= 11 is 0. The molecule has 0 aliphatic heterocycles. The summed E-state index contributed by atoms with van der Waals surface area (Å²) in [6.07, 6.45) is 2.64. The van der Waals surface area contributed by atoms with Gasteiger partial charge in [0.15, 0.2) is 0 Å². The van der Waals surface area contributed by atoms with Crippen molar-refractivity contribution in [3.05, 3.63) is 0 Å². The largest absolute Gasteiger partial charge is 0.481 e. The Morgan fingerprint density at radius 1 is 1.12 bits per heavy atom. The highest BCUT2D eigenvalue weighted by molar-refractivity contribution is 5.80. The van der Waals surface area contributed by atoms with E-state index < -0.39 is 11.4 Å². The van der Waals surface area contributed by atoms with Crippen LogP contribution in [0.5, 0.6) is 0 Å². The van der Waals surface area contributed by atoms with Gasteiger partial charge >= 0.3 is 5.97 Å². The highest BCUT2D eigenvalue weighted by Crippen LogP contribution is 2.25. The normalized spacial score (nSPS) is 11.6. The Labute approximate surface area is 104 Å². The van der Waals surface area contributed by atoms with Crippen LogP contribution in [0.2, 0.25) is 0 Å². The van der Waals surface area contributed by atoms with E-state index in [-0.39, 0.29) is 18.4 Å². The van der Waals surface area contributed by atoms with Gasteiger partial charge in [0.2, 0.25) is 5.91 Å². The molecule has 0 saturated heterocycles. The van der Waals surface area contributed by atoms with Crippen molar-refractivity contribution in [1.82, 2.24) is 5.32 Å². The number of carbonyl (C=O) groups is 2. The number of hydrogen-bond acceptors (Lipinski definition) is 2. The van der Waals surface area contributed by atoms with Gasteiger partial charge in [0.25, 0.3) is 0 Å². The smallest absolute Gasteiger partial charge is 0.311 e. The van der Waals surface area contributed by atoms with Crippen LogP contribution in [0.25, 0.3) is 0 Å². The van der Waals surface area contributed by atoms with Crippen LogP contribution in [0.4, 0.5) is 0 Å². The third-order valence-electron chi connectivity index (χ3n) is 3.76. The Kier molecular flexibility index (Phi) is 6.85. The maximum atomic E-state index is 11.8. The molecule has 0 atom stereocenters. The molecule has 0 bridgehead atoms. The quantitative estimate of drug-likeness (QED) is 0.688. The van der Waals surface area contributed by atoms with Crippen molar-refractivity contribution in [1.29, 1.82) is 0 Å². The second kappa shape index (κ2) is 7.30. The highest BCUT2D eigenvalue weighted by atomic mass is 16.4. The molecule has 0 radical (unpaired) electrons. The number of aliphatic carboxylic acids is 1. The summed E-state index contributed by atoms with van der Waals surface area (Å²) in [6.45, 7) is 7.86. The predicted octanol–water partition coefficient (Wildman–Crippen LogP) is 2.43. The molecule has 1 amide bonds. The molecule has 17 heavy (non-hydrogen) atoms. The number of nitrogens with one attached hydrogen (secondary N) is 1. The van der Waals surface area contributed by atoms with Crippen LogP contribution in [0.15, 0.2) is 0 Å². The molecule has 0 saturated carbocycles. The average Bonchev–Trinajstić information content (AvgIpc) is 2.32. The predicted molar refractivity (Wildman–Crippen MR) is 67.7 cm³/mol. The van der Waals surface area contributed by atoms with Gasteiger partial charge in [-0.2, -0.15) is 0 Å². The van der Waals surface area contributed by atoms with Crippen molar-refractivity contribution < 1.29 is 14.7 Å². The van der Waals surface area contributed by atoms with Gasteiger partial charge in [-0.25, -0.2) is 0 Å². The molecular formula is C13H25NO3. The van der Waals surface area contributed by atoms with Crippen LogP contribution in [0, 0.1) is 11.3 Å². The van der Waals surface area contributed by atoms with E-state index in [4.69, 9.17) is 0 Å². The van der Waals surface area contributed by atoms with E-state index >= 15 is 0 Å². The second-order valence-corrected chi connectivity index (χ2v) is 4.52. The number of carbonyl (C=O) groups excluding carboxylic acids is 1. The zero-order chi connectivity index (χ0) is 13.5.